The first kappa shape index (κ1) is 17.0. The third-order valence-electron chi connectivity index (χ3n) is 5.33. The van der Waals surface area contributed by atoms with Crippen LogP contribution in [0.1, 0.15) is 19.8 Å². The maximum absolute atomic E-state index is 5.55. The van der Waals surface area contributed by atoms with Gasteiger partial charge in [0.2, 0.25) is 12.7 Å². The lowest BCUT2D eigenvalue weighted by molar-refractivity contribution is 0.174. The van der Waals surface area contributed by atoms with Crippen molar-refractivity contribution in [3.05, 3.63) is 48.9 Å². The Hall–Kier alpha value is -3.15. The fourth-order valence-electron chi connectivity index (χ4n) is 3.89. The first-order valence-corrected chi connectivity index (χ1v) is 9.70. The first-order chi connectivity index (χ1) is 13.8. The van der Waals surface area contributed by atoms with Crippen LogP contribution in [-0.4, -0.2) is 34.8 Å². The second-order valence-electron chi connectivity index (χ2n) is 7.44. The van der Waals surface area contributed by atoms with Gasteiger partial charge in [0.1, 0.15) is 0 Å². The molecule has 6 heteroatoms. The van der Waals surface area contributed by atoms with E-state index in [4.69, 9.17) is 19.4 Å². The molecule has 0 spiro atoms. The molecule has 3 aromatic rings. The van der Waals surface area contributed by atoms with Gasteiger partial charge in [-0.25, -0.2) is 9.97 Å². The van der Waals surface area contributed by atoms with Crippen molar-refractivity contribution in [2.45, 2.75) is 19.8 Å². The van der Waals surface area contributed by atoms with Crippen molar-refractivity contribution < 1.29 is 9.47 Å². The molecule has 6 nitrogen and oxygen atoms in total. The van der Waals surface area contributed by atoms with Crippen molar-refractivity contribution in [2.75, 3.05) is 24.8 Å². The molecule has 1 atom stereocenters. The molecule has 5 rings (SSSR count). The molecule has 2 aliphatic rings. The predicted octanol–water partition coefficient (Wildman–Crippen LogP) is 4.17. The summed E-state index contributed by atoms with van der Waals surface area (Å²) < 4.78 is 11.0. The van der Waals surface area contributed by atoms with E-state index in [1.807, 2.05) is 42.7 Å². The molecular formula is C22H22N4O2. The van der Waals surface area contributed by atoms with E-state index in [-0.39, 0.29) is 6.79 Å². The van der Waals surface area contributed by atoms with Crippen molar-refractivity contribution in [1.29, 1.82) is 0 Å². The maximum Gasteiger partial charge on any atom is 0.231 e. The van der Waals surface area contributed by atoms with Gasteiger partial charge in [-0.15, -0.1) is 0 Å². The smallest absolute Gasteiger partial charge is 0.231 e. The molecule has 0 saturated carbocycles. The zero-order valence-electron chi connectivity index (χ0n) is 15.8. The molecule has 0 bridgehead atoms. The van der Waals surface area contributed by atoms with Crippen LogP contribution in [0.3, 0.4) is 0 Å². The molecule has 1 aromatic carbocycles. The number of aromatic nitrogens is 3. The summed E-state index contributed by atoms with van der Waals surface area (Å²) in [5.74, 6) is 2.97. The van der Waals surface area contributed by atoms with Crippen molar-refractivity contribution >= 4 is 5.95 Å². The lowest BCUT2D eigenvalue weighted by Gasteiger charge is -2.31. The zero-order chi connectivity index (χ0) is 18.9. The van der Waals surface area contributed by atoms with Gasteiger partial charge in [-0.05, 0) is 48.6 Å². The summed E-state index contributed by atoms with van der Waals surface area (Å²) >= 11 is 0. The Morgan fingerprint density at radius 2 is 2.00 bits per heavy atom. The maximum atomic E-state index is 5.55. The zero-order valence-corrected chi connectivity index (χ0v) is 15.8. The van der Waals surface area contributed by atoms with Crippen molar-refractivity contribution in [1.82, 2.24) is 15.0 Å². The number of hydrogen-bond acceptors (Lipinski definition) is 6. The summed E-state index contributed by atoms with van der Waals surface area (Å²) in [5, 5.41) is 0. The molecule has 0 radical (unpaired) electrons. The van der Waals surface area contributed by atoms with Crippen LogP contribution in [0.4, 0.5) is 5.95 Å². The van der Waals surface area contributed by atoms with Crippen LogP contribution in [0.15, 0.2) is 48.9 Å². The SMILES string of the molecule is CC1CCCN(c2ncc(-c3ccc4c(c3)OCO4)c(-c3cccnc3)n2)C1. The van der Waals surface area contributed by atoms with E-state index in [1.165, 1.54) is 12.8 Å². The van der Waals surface area contributed by atoms with E-state index in [1.54, 1.807) is 6.20 Å². The Bertz CT molecular complexity index is 993. The van der Waals surface area contributed by atoms with E-state index < -0.39 is 0 Å². The van der Waals surface area contributed by atoms with Crippen LogP contribution >= 0.6 is 0 Å². The molecule has 0 N–H and O–H groups in total. The Kier molecular flexibility index (Phi) is 4.31. The van der Waals surface area contributed by atoms with Crippen LogP contribution in [-0.2, 0) is 0 Å². The predicted molar refractivity (Wildman–Crippen MR) is 107 cm³/mol. The van der Waals surface area contributed by atoms with Gasteiger partial charge in [-0.1, -0.05) is 13.0 Å². The van der Waals surface area contributed by atoms with Gasteiger partial charge in [0.25, 0.3) is 0 Å². The third-order valence-corrected chi connectivity index (χ3v) is 5.33. The van der Waals surface area contributed by atoms with Gasteiger partial charge in [-0.3, -0.25) is 4.98 Å². The minimum atomic E-state index is 0.261. The molecule has 1 fully saturated rings. The van der Waals surface area contributed by atoms with Gasteiger partial charge in [0, 0.05) is 42.8 Å². The first-order valence-electron chi connectivity index (χ1n) is 9.70. The van der Waals surface area contributed by atoms with Gasteiger partial charge >= 0.3 is 0 Å². The lowest BCUT2D eigenvalue weighted by Crippen LogP contribution is -2.35. The minimum Gasteiger partial charge on any atom is -0.454 e. The van der Waals surface area contributed by atoms with Gasteiger partial charge in [0.05, 0.1) is 5.69 Å². The molecule has 142 valence electrons. The van der Waals surface area contributed by atoms with Gasteiger partial charge in [-0.2, -0.15) is 0 Å². The molecular weight excluding hydrogens is 352 g/mol. The molecule has 0 amide bonds. The minimum absolute atomic E-state index is 0.261. The number of fused-ring (bicyclic) bond motifs is 1. The lowest BCUT2D eigenvalue weighted by atomic mass is 10.00. The number of anilines is 1. The van der Waals surface area contributed by atoms with Crippen LogP contribution < -0.4 is 14.4 Å². The van der Waals surface area contributed by atoms with Gasteiger partial charge < -0.3 is 14.4 Å². The molecule has 28 heavy (non-hydrogen) atoms. The highest BCUT2D eigenvalue weighted by atomic mass is 16.7. The molecule has 2 aromatic heterocycles. The van der Waals surface area contributed by atoms with Crippen LogP contribution in [0.5, 0.6) is 11.5 Å². The van der Waals surface area contributed by atoms with E-state index in [0.717, 1.165) is 52.9 Å². The van der Waals surface area contributed by atoms with E-state index in [0.29, 0.717) is 5.92 Å². The summed E-state index contributed by atoms with van der Waals surface area (Å²) in [5.41, 5.74) is 3.82. The highest BCUT2D eigenvalue weighted by Crippen LogP contribution is 2.38. The number of piperidine rings is 1. The third kappa shape index (κ3) is 3.15. The van der Waals surface area contributed by atoms with Crippen molar-refractivity contribution in [2.24, 2.45) is 5.92 Å². The molecule has 2 aliphatic heterocycles. The number of pyridine rings is 1. The largest absolute Gasteiger partial charge is 0.454 e. The number of hydrogen-bond donors (Lipinski definition) is 0. The molecule has 1 saturated heterocycles. The quantitative estimate of drug-likeness (QED) is 0.686. The summed E-state index contributed by atoms with van der Waals surface area (Å²) in [6.45, 7) is 4.54. The standard InChI is InChI=1S/C22H22N4O2/c1-15-4-3-9-26(13-15)22-24-12-18(21(25-22)17-5-2-8-23-11-17)16-6-7-19-20(10-16)28-14-27-19/h2,5-8,10-12,15H,3-4,9,13-14H2,1H3. The summed E-state index contributed by atoms with van der Waals surface area (Å²) in [7, 11) is 0. The summed E-state index contributed by atoms with van der Waals surface area (Å²) in [6.07, 6.45) is 7.99. The Morgan fingerprint density at radius 3 is 2.86 bits per heavy atom. The fraction of sp³-hybridized carbons (Fsp3) is 0.318. The number of rotatable bonds is 3. The van der Waals surface area contributed by atoms with Crippen LogP contribution in [0.2, 0.25) is 0 Å². The summed E-state index contributed by atoms with van der Waals surface area (Å²) in [6, 6.07) is 9.92. The Balaban J connectivity index is 1.60. The topological polar surface area (TPSA) is 60.4 Å². The monoisotopic (exact) mass is 374 g/mol. The fourth-order valence-corrected chi connectivity index (χ4v) is 3.89. The van der Waals surface area contributed by atoms with E-state index in [2.05, 4.69) is 16.8 Å². The molecule has 0 aliphatic carbocycles. The summed E-state index contributed by atoms with van der Waals surface area (Å²) in [4.78, 5) is 16.3. The molecule has 4 heterocycles. The second-order valence-corrected chi connectivity index (χ2v) is 7.44. The number of ether oxygens (including phenoxy) is 2. The van der Waals surface area contributed by atoms with Crippen LogP contribution in [0, 0.1) is 5.92 Å². The number of nitrogens with zero attached hydrogens (tertiary/aromatic N) is 4. The second kappa shape index (κ2) is 7.11. The number of benzene rings is 1. The Labute approximate surface area is 164 Å². The van der Waals surface area contributed by atoms with Crippen molar-refractivity contribution in [3.8, 4) is 33.9 Å². The Morgan fingerprint density at radius 1 is 1.07 bits per heavy atom. The van der Waals surface area contributed by atoms with E-state index in [9.17, 15) is 0 Å². The highest BCUT2D eigenvalue weighted by molar-refractivity contribution is 5.81. The highest BCUT2D eigenvalue weighted by Gasteiger charge is 2.22. The molecule has 1 unspecified atom stereocenters. The average molecular weight is 374 g/mol. The van der Waals surface area contributed by atoms with Crippen LogP contribution in [0.25, 0.3) is 22.4 Å². The average Bonchev–Trinajstić information content (AvgIpc) is 3.22. The normalized spacial score (nSPS) is 18.3. The van der Waals surface area contributed by atoms with Gasteiger partial charge in [0.15, 0.2) is 11.5 Å². The van der Waals surface area contributed by atoms with E-state index >= 15 is 0 Å². The van der Waals surface area contributed by atoms with Crippen molar-refractivity contribution in [3.63, 3.8) is 0 Å².